The van der Waals surface area contributed by atoms with Gasteiger partial charge in [-0.05, 0) is 67.5 Å². The molecule has 166 valence electrons. The van der Waals surface area contributed by atoms with Gasteiger partial charge in [0.2, 0.25) is 5.95 Å². The van der Waals surface area contributed by atoms with Crippen molar-refractivity contribution in [1.82, 2.24) is 9.97 Å². The number of nitrogens with zero attached hydrogens (tertiary/aromatic N) is 2. The fourth-order valence-electron chi connectivity index (χ4n) is 3.78. The Morgan fingerprint density at radius 2 is 1.91 bits per heavy atom. The predicted octanol–water partition coefficient (Wildman–Crippen LogP) is 4.43. The first-order valence-electron chi connectivity index (χ1n) is 10.9. The van der Waals surface area contributed by atoms with Gasteiger partial charge in [-0.2, -0.15) is 0 Å². The number of aryl methyl sites for hydroxylation is 3. The summed E-state index contributed by atoms with van der Waals surface area (Å²) in [5, 5.41) is 12.6. The highest BCUT2D eigenvalue weighted by atomic mass is 16.5. The van der Waals surface area contributed by atoms with Gasteiger partial charge in [0.1, 0.15) is 30.3 Å². The van der Waals surface area contributed by atoms with Crippen LogP contribution in [0.25, 0.3) is 0 Å². The maximum absolute atomic E-state index is 11.6. The molecule has 4 rings (SSSR count). The van der Waals surface area contributed by atoms with E-state index in [0.717, 1.165) is 29.9 Å². The highest BCUT2D eigenvalue weighted by Gasteiger charge is 2.15. The number of ether oxygens (including phenoxy) is 2. The number of hydrogen-bond acceptors (Lipinski definition) is 6. The lowest BCUT2D eigenvalue weighted by Crippen LogP contribution is -2.16. The van der Waals surface area contributed by atoms with Crippen molar-refractivity contribution in [1.29, 1.82) is 0 Å². The minimum absolute atomic E-state index is 0.0321. The third kappa shape index (κ3) is 5.35. The highest BCUT2D eigenvalue weighted by Crippen LogP contribution is 2.26. The topological polar surface area (TPSA) is 93.6 Å². The van der Waals surface area contributed by atoms with Crippen molar-refractivity contribution in [3.8, 4) is 11.5 Å². The molecule has 0 unspecified atom stereocenters. The molecular formula is C25H27N3O4. The zero-order chi connectivity index (χ0) is 22.3. The number of anilines is 1. The number of rotatable bonds is 9. The molecule has 0 atom stereocenters. The van der Waals surface area contributed by atoms with Gasteiger partial charge in [0.15, 0.2) is 0 Å². The first kappa shape index (κ1) is 21.6. The quantitative estimate of drug-likeness (QED) is 0.482. The number of aromatic carboxylic acids is 1. The number of para-hydroxylation sites is 1. The summed E-state index contributed by atoms with van der Waals surface area (Å²) < 4.78 is 11.7. The number of carboxylic acid groups (broad SMARTS) is 1. The third-order valence-corrected chi connectivity index (χ3v) is 5.53. The van der Waals surface area contributed by atoms with E-state index in [1.807, 2.05) is 37.3 Å². The van der Waals surface area contributed by atoms with Gasteiger partial charge in [-0.15, -0.1) is 0 Å². The summed E-state index contributed by atoms with van der Waals surface area (Å²) >= 11 is 0. The standard InChI is InChI=1S/C25H27N3O4/c1-17-6-2-5-9-23(17)31-13-12-26-25-27-15-21(24(29)30)22(28-25)16-32-20-11-10-18-7-3-4-8-19(18)14-20/h2,5-6,9-11,14-15H,3-4,7-8,12-13,16H2,1H3,(H,29,30)(H,26,27,28). The van der Waals surface area contributed by atoms with E-state index in [4.69, 9.17) is 9.47 Å². The second-order valence-electron chi connectivity index (χ2n) is 7.83. The van der Waals surface area contributed by atoms with Crippen molar-refractivity contribution in [2.45, 2.75) is 39.2 Å². The zero-order valence-corrected chi connectivity index (χ0v) is 18.1. The molecule has 1 aliphatic rings. The molecule has 0 radical (unpaired) electrons. The lowest BCUT2D eigenvalue weighted by atomic mass is 9.92. The molecule has 1 aliphatic carbocycles. The van der Waals surface area contributed by atoms with Gasteiger partial charge in [0.25, 0.3) is 0 Å². The zero-order valence-electron chi connectivity index (χ0n) is 18.1. The maximum atomic E-state index is 11.6. The van der Waals surface area contributed by atoms with E-state index >= 15 is 0 Å². The van der Waals surface area contributed by atoms with Crippen LogP contribution in [0.3, 0.4) is 0 Å². The van der Waals surface area contributed by atoms with E-state index in [1.165, 1.54) is 30.2 Å². The number of carbonyl (C=O) groups is 1. The van der Waals surface area contributed by atoms with E-state index in [1.54, 1.807) is 0 Å². The summed E-state index contributed by atoms with van der Waals surface area (Å²) in [7, 11) is 0. The fourth-order valence-corrected chi connectivity index (χ4v) is 3.78. The van der Waals surface area contributed by atoms with Crippen molar-refractivity contribution in [3.63, 3.8) is 0 Å². The number of hydrogen-bond donors (Lipinski definition) is 2. The monoisotopic (exact) mass is 433 g/mol. The number of fused-ring (bicyclic) bond motifs is 1. The molecule has 0 amide bonds. The van der Waals surface area contributed by atoms with Gasteiger partial charge in [-0.3, -0.25) is 0 Å². The van der Waals surface area contributed by atoms with Crippen LogP contribution in [-0.2, 0) is 19.4 Å². The van der Waals surface area contributed by atoms with Crippen molar-refractivity contribution in [3.05, 3.63) is 76.6 Å². The Morgan fingerprint density at radius 1 is 1.09 bits per heavy atom. The number of benzene rings is 2. The molecule has 0 fully saturated rings. The van der Waals surface area contributed by atoms with Gasteiger partial charge in [-0.1, -0.05) is 24.3 Å². The molecule has 1 heterocycles. The summed E-state index contributed by atoms with van der Waals surface area (Å²) in [5.41, 5.74) is 4.11. The van der Waals surface area contributed by atoms with Crippen LogP contribution in [0.4, 0.5) is 5.95 Å². The second-order valence-corrected chi connectivity index (χ2v) is 7.83. The van der Waals surface area contributed by atoms with Crippen molar-refractivity contribution >= 4 is 11.9 Å². The van der Waals surface area contributed by atoms with E-state index in [9.17, 15) is 9.90 Å². The Hall–Kier alpha value is -3.61. The van der Waals surface area contributed by atoms with Crippen molar-refractivity contribution in [2.24, 2.45) is 0 Å². The fraction of sp³-hybridized carbons (Fsp3) is 0.320. The van der Waals surface area contributed by atoms with Crippen LogP contribution in [-0.4, -0.2) is 34.2 Å². The average molecular weight is 434 g/mol. The molecule has 0 saturated carbocycles. The predicted molar refractivity (Wildman–Crippen MR) is 122 cm³/mol. The first-order chi connectivity index (χ1) is 15.6. The van der Waals surface area contributed by atoms with Gasteiger partial charge in [0.05, 0.1) is 12.2 Å². The minimum atomic E-state index is -1.08. The van der Waals surface area contributed by atoms with E-state index in [-0.39, 0.29) is 12.2 Å². The molecular weight excluding hydrogens is 406 g/mol. The highest BCUT2D eigenvalue weighted by molar-refractivity contribution is 5.88. The maximum Gasteiger partial charge on any atom is 0.339 e. The molecule has 0 spiro atoms. The molecule has 2 N–H and O–H groups in total. The summed E-state index contributed by atoms with van der Waals surface area (Å²) in [6, 6.07) is 13.9. The smallest absolute Gasteiger partial charge is 0.339 e. The van der Waals surface area contributed by atoms with Crippen LogP contribution in [0.1, 0.15) is 45.6 Å². The second kappa shape index (κ2) is 10.1. The van der Waals surface area contributed by atoms with E-state index in [0.29, 0.717) is 24.8 Å². The van der Waals surface area contributed by atoms with Gasteiger partial charge in [-0.25, -0.2) is 14.8 Å². The third-order valence-electron chi connectivity index (χ3n) is 5.53. The van der Waals surface area contributed by atoms with Crippen LogP contribution >= 0.6 is 0 Å². The Morgan fingerprint density at radius 3 is 2.72 bits per heavy atom. The van der Waals surface area contributed by atoms with Crippen LogP contribution in [0.5, 0.6) is 11.5 Å². The van der Waals surface area contributed by atoms with E-state index in [2.05, 4.69) is 27.4 Å². The number of carboxylic acids is 1. The van der Waals surface area contributed by atoms with Gasteiger partial charge in [0, 0.05) is 6.20 Å². The van der Waals surface area contributed by atoms with Gasteiger partial charge < -0.3 is 19.9 Å². The molecule has 0 saturated heterocycles. The van der Waals surface area contributed by atoms with Gasteiger partial charge >= 0.3 is 5.97 Å². The minimum Gasteiger partial charge on any atom is -0.491 e. The SMILES string of the molecule is Cc1ccccc1OCCNc1ncc(C(=O)O)c(COc2ccc3c(c2)CCCC3)n1. The molecule has 32 heavy (non-hydrogen) atoms. The molecule has 7 nitrogen and oxygen atoms in total. The molecule has 0 aliphatic heterocycles. The molecule has 1 aromatic heterocycles. The molecule has 2 aromatic carbocycles. The number of nitrogens with one attached hydrogen (secondary N) is 1. The van der Waals surface area contributed by atoms with Crippen molar-refractivity contribution in [2.75, 3.05) is 18.5 Å². The Bertz CT molecular complexity index is 1100. The summed E-state index contributed by atoms with van der Waals surface area (Å²) in [6.07, 6.45) is 5.88. The summed E-state index contributed by atoms with van der Waals surface area (Å²) in [6.45, 7) is 2.95. The molecule has 0 bridgehead atoms. The Labute approximate surface area is 187 Å². The largest absolute Gasteiger partial charge is 0.491 e. The Balaban J connectivity index is 1.38. The average Bonchev–Trinajstić information content (AvgIpc) is 2.81. The molecule has 7 heteroatoms. The van der Waals surface area contributed by atoms with Crippen LogP contribution < -0.4 is 14.8 Å². The van der Waals surface area contributed by atoms with Crippen LogP contribution in [0.15, 0.2) is 48.7 Å². The van der Waals surface area contributed by atoms with Crippen LogP contribution in [0, 0.1) is 6.92 Å². The van der Waals surface area contributed by atoms with Crippen molar-refractivity contribution < 1.29 is 19.4 Å². The normalized spacial score (nSPS) is 12.7. The lowest BCUT2D eigenvalue weighted by molar-refractivity contribution is 0.0692. The summed E-state index contributed by atoms with van der Waals surface area (Å²) in [5.74, 6) is 0.813. The molecule has 3 aromatic rings. The number of aromatic nitrogens is 2. The van der Waals surface area contributed by atoms with E-state index < -0.39 is 5.97 Å². The lowest BCUT2D eigenvalue weighted by Gasteiger charge is -2.17. The Kier molecular flexibility index (Phi) is 6.84. The summed E-state index contributed by atoms with van der Waals surface area (Å²) in [4.78, 5) is 20.1. The van der Waals surface area contributed by atoms with Crippen LogP contribution in [0.2, 0.25) is 0 Å². The first-order valence-corrected chi connectivity index (χ1v) is 10.9.